The minimum atomic E-state index is 0.141. The predicted molar refractivity (Wildman–Crippen MR) is 112 cm³/mol. The molecule has 6 nitrogen and oxygen atoms in total. The van der Waals surface area contributed by atoms with Crippen LogP contribution in [0.15, 0.2) is 73.1 Å². The minimum absolute atomic E-state index is 0.141. The van der Waals surface area contributed by atoms with Crippen molar-refractivity contribution in [1.29, 1.82) is 0 Å². The zero-order valence-electron chi connectivity index (χ0n) is 16.0. The Bertz CT molecular complexity index is 1110. The summed E-state index contributed by atoms with van der Waals surface area (Å²) in [6, 6.07) is 19.8. The molecular weight excluding hydrogens is 364 g/mol. The van der Waals surface area contributed by atoms with Gasteiger partial charge in [-0.3, -0.25) is 0 Å². The fourth-order valence-corrected chi connectivity index (χ4v) is 3.95. The molecule has 0 radical (unpaired) electrons. The smallest absolute Gasteiger partial charge is 0.165 e. The molecule has 0 saturated carbocycles. The Labute approximate surface area is 169 Å². The van der Waals surface area contributed by atoms with Crippen LogP contribution in [0, 0.1) is 0 Å². The van der Waals surface area contributed by atoms with Crippen LogP contribution in [-0.2, 0) is 0 Å². The van der Waals surface area contributed by atoms with E-state index < -0.39 is 0 Å². The van der Waals surface area contributed by atoms with Crippen molar-refractivity contribution in [3.63, 3.8) is 0 Å². The van der Waals surface area contributed by atoms with Gasteiger partial charge in [-0.1, -0.05) is 30.3 Å². The molecule has 2 aromatic carbocycles. The zero-order chi connectivity index (χ0) is 19.6. The number of hydrogen-bond acceptors (Lipinski definition) is 5. The standard InChI is InChI=1S/C23H22N4O2/c28-16-18-5-4-14-26(18)22-12-13-24-23-21(15-25-27(22)23)17-8-10-20(11-9-17)29-19-6-2-1-3-7-19/h1-3,6-13,15,18,28H,4-5,14,16H2/t18-/m0/s1. The average Bonchev–Trinajstić information content (AvgIpc) is 3.42. The Hall–Kier alpha value is -3.38. The van der Waals surface area contributed by atoms with Crippen LogP contribution in [0.2, 0.25) is 0 Å². The van der Waals surface area contributed by atoms with Gasteiger partial charge in [-0.2, -0.15) is 9.61 Å². The van der Waals surface area contributed by atoms with E-state index in [9.17, 15) is 5.11 Å². The van der Waals surface area contributed by atoms with Crippen molar-refractivity contribution < 1.29 is 9.84 Å². The van der Waals surface area contributed by atoms with Crippen molar-refractivity contribution in [2.24, 2.45) is 0 Å². The Balaban J connectivity index is 1.46. The van der Waals surface area contributed by atoms with E-state index in [2.05, 4.69) is 15.0 Å². The molecule has 3 heterocycles. The fourth-order valence-electron chi connectivity index (χ4n) is 3.95. The molecule has 146 valence electrons. The van der Waals surface area contributed by atoms with Gasteiger partial charge in [-0.15, -0.1) is 0 Å². The van der Waals surface area contributed by atoms with Gasteiger partial charge in [0.1, 0.15) is 17.3 Å². The Morgan fingerprint density at radius 3 is 2.59 bits per heavy atom. The maximum absolute atomic E-state index is 9.69. The van der Waals surface area contributed by atoms with Gasteiger partial charge in [0, 0.05) is 18.3 Å². The van der Waals surface area contributed by atoms with Gasteiger partial charge >= 0.3 is 0 Å². The van der Waals surface area contributed by atoms with Crippen LogP contribution in [0.1, 0.15) is 12.8 Å². The summed E-state index contributed by atoms with van der Waals surface area (Å²) in [6.07, 6.45) is 5.74. The van der Waals surface area contributed by atoms with Crippen molar-refractivity contribution >= 4 is 11.5 Å². The van der Waals surface area contributed by atoms with Crippen LogP contribution >= 0.6 is 0 Å². The van der Waals surface area contributed by atoms with Crippen LogP contribution in [0.25, 0.3) is 16.8 Å². The molecule has 0 amide bonds. The molecule has 29 heavy (non-hydrogen) atoms. The van der Waals surface area contributed by atoms with E-state index in [4.69, 9.17) is 4.74 Å². The molecule has 1 aliphatic heterocycles. The first-order chi connectivity index (χ1) is 14.3. The molecule has 1 fully saturated rings. The van der Waals surface area contributed by atoms with Gasteiger partial charge in [0.05, 0.1) is 18.8 Å². The molecule has 1 N–H and O–H groups in total. The second-order valence-electron chi connectivity index (χ2n) is 7.21. The summed E-state index contributed by atoms with van der Waals surface area (Å²) in [5.74, 6) is 2.57. The van der Waals surface area contributed by atoms with E-state index in [-0.39, 0.29) is 12.6 Å². The van der Waals surface area contributed by atoms with Crippen LogP contribution < -0.4 is 9.64 Å². The van der Waals surface area contributed by atoms with Crippen LogP contribution in [0.4, 0.5) is 5.82 Å². The van der Waals surface area contributed by atoms with Crippen LogP contribution in [0.5, 0.6) is 11.5 Å². The quantitative estimate of drug-likeness (QED) is 0.558. The van der Waals surface area contributed by atoms with Gasteiger partial charge in [-0.25, -0.2) is 4.98 Å². The largest absolute Gasteiger partial charge is 0.457 e. The highest BCUT2D eigenvalue weighted by atomic mass is 16.5. The zero-order valence-corrected chi connectivity index (χ0v) is 16.0. The number of rotatable bonds is 5. The summed E-state index contributed by atoms with van der Waals surface area (Å²) in [4.78, 5) is 6.80. The number of aliphatic hydroxyl groups is 1. The van der Waals surface area contributed by atoms with Gasteiger partial charge in [0.15, 0.2) is 5.65 Å². The van der Waals surface area contributed by atoms with E-state index in [1.165, 1.54) is 0 Å². The molecule has 1 saturated heterocycles. The van der Waals surface area contributed by atoms with E-state index in [1.807, 2.05) is 77.6 Å². The lowest BCUT2D eigenvalue weighted by Gasteiger charge is -2.25. The monoisotopic (exact) mass is 386 g/mol. The number of aromatic nitrogens is 3. The summed E-state index contributed by atoms with van der Waals surface area (Å²) < 4.78 is 7.75. The number of ether oxygens (including phenoxy) is 1. The summed E-state index contributed by atoms with van der Waals surface area (Å²) in [5, 5.41) is 14.3. The fraction of sp³-hybridized carbons (Fsp3) is 0.217. The summed E-state index contributed by atoms with van der Waals surface area (Å²) in [7, 11) is 0. The third-order valence-electron chi connectivity index (χ3n) is 5.41. The third kappa shape index (κ3) is 3.32. The second kappa shape index (κ2) is 7.56. The van der Waals surface area contributed by atoms with Crippen molar-refractivity contribution in [1.82, 2.24) is 14.6 Å². The van der Waals surface area contributed by atoms with Crippen LogP contribution in [-0.4, -0.2) is 38.9 Å². The lowest BCUT2D eigenvalue weighted by atomic mass is 10.1. The Kier molecular flexibility index (Phi) is 4.62. The summed E-state index contributed by atoms with van der Waals surface area (Å²) in [5.41, 5.74) is 2.81. The summed E-state index contributed by atoms with van der Waals surface area (Å²) in [6.45, 7) is 1.08. The van der Waals surface area contributed by atoms with E-state index in [0.29, 0.717) is 0 Å². The Morgan fingerprint density at radius 1 is 1.00 bits per heavy atom. The summed E-state index contributed by atoms with van der Waals surface area (Å²) >= 11 is 0. The number of aliphatic hydroxyl groups excluding tert-OH is 1. The molecule has 0 bridgehead atoms. The van der Waals surface area contributed by atoms with E-state index >= 15 is 0 Å². The highest BCUT2D eigenvalue weighted by Crippen LogP contribution is 2.31. The molecular formula is C23H22N4O2. The maximum atomic E-state index is 9.69. The minimum Gasteiger partial charge on any atom is -0.457 e. The van der Waals surface area contributed by atoms with E-state index in [1.54, 1.807) is 0 Å². The molecule has 2 aromatic heterocycles. The number of benzene rings is 2. The number of nitrogens with zero attached hydrogens (tertiary/aromatic N) is 4. The molecule has 0 spiro atoms. The first-order valence-electron chi connectivity index (χ1n) is 9.87. The van der Waals surface area contributed by atoms with Crippen molar-refractivity contribution in [2.75, 3.05) is 18.1 Å². The first kappa shape index (κ1) is 17.7. The number of anilines is 1. The van der Waals surface area contributed by atoms with Gasteiger partial charge in [-0.05, 0) is 48.7 Å². The number of para-hydroxylation sites is 1. The molecule has 1 aliphatic rings. The third-order valence-corrected chi connectivity index (χ3v) is 5.41. The average molecular weight is 386 g/mol. The SMILES string of the molecule is OC[C@@H]1CCCN1c1ccnc2c(-c3ccc(Oc4ccccc4)cc3)cnn12. The van der Waals surface area contributed by atoms with Crippen molar-refractivity contribution in [3.05, 3.63) is 73.1 Å². The molecule has 1 atom stereocenters. The van der Waals surface area contributed by atoms with Gasteiger partial charge in [0.2, 0.25) is 0 Å². The topological polar surface area (TPSA) is 62.9 Å². The maximum Gasteiger partial charge on any atom is 0.165 e. The van der Waals surface area contributed by atoms with Gasteiger partial charge in [0.25, 0.3) is 0 Å². The predicted octanol–water partition coefficient (Wildman–Crippen LogP) is 4.15. The first-order valence-corrected chi connectivity index (χ1v) is 9.87. The molecule has 4 aromatic rings. The lowest BCUT2D eigenvalue weighted by molar-refractivity contribution is 0.265. The molecule has 0 aliphatic carbocycles. The molecule has 5 rings (SSSR count). The van der Waals surface area contributed by atoms with Crippen molar-refractivity contribution in [2.45, 2.75) is 18.9 Å². The lowest BCUT2D eigenvalue weighted by Crippen LogP contribution is -2.33. The van der Waals surface area contributed by atoms with Crippen molar-refractivity contribution in [3.8, 4) is 22.6 Å². The molecule has 6 heteroatoms. The van der Waals surface area contributed by atoms with E-state index in [0.717, 1.165) is 53.5 Å². The second-order valence-corrected chi connectivity index (χ2v) is 7.21. The Morgan fingerprint density at radius 2 is 1.79 bits per heavy atom. The number of fused-ring (bicyclic) bond motifs is 1. The number of hydrogen-bond donors (Lipinski definition) is 1. The van der Waals surface area contributed by atoms with Crippen LogP contribution in [0.3, 0.4) is 0 Å². The molecule has 0 unspecified atom stereocenters. The van der Waals surface area contributed by atoms with Gasteiger partial charge < -0.3 is 14.7 Å². The highest BCUT2D eigenvalue weighted by molar-refractivity contribution is 5.78. The highest BCUT2D eigenvalue weighted by Gasteiger charge is 2.26. The normalized spacial score (nSPS) is 16.4.